The number of ether oxygens (including phenoxy) is 1. The molecule has 0 saturated carbocycles. The molecule has 2 aromatic carbocycles. The number of carbonyl (C=O) groups excluding carboxylic acids is 2. The molecule has 0 unspecified atom stereocenters. The Hall–Kier alpha value is -2.31. The number of nitrogens with two attached hydrogens (primary N) is 1. The van der Waals surface area contributed by atoms with Gasteiger partial charge in [-0.25, -0.2) is 9.18 Å². The second-order valence-corrected chi connectivity index (χ2v) is 5.30. The summed E-state index contributed by atoms with van der Waals surface area (Å²) in [4.78, 5) is 23.5. The van der Waals surface area contributed by atoms with Crippen molar-refractivity contribution in [1.82, 2.24) is 0 Å². The van der Waals surface area contributed by atoms with E-state index in [1.807, 2.05) is 0 Å². The summed E-state index contributed by atoms with van der Waals surface area (Å²) in [5.74, 6) is -1.87. The topological polar surface area (TPSA) is 81.4 Å². The lowest BCUT2D eigenvalue weighted by molar-refractivity contribution is -0.119. The number of hydrogen-bond acceptors (Lipinski definition) is 4. The van der Waals surface area contributed by atoms with E-state index in [4.69, 9.17) is 33.7 Å². The minimum absolute atomic E-state index is 0.0372. The van der Waals surface area contributed by atoms with E-state index >= 15 is 0 Å². The Balaban J connectivity index is 1.93. The molecular formula is C15H11Cl2FN2O3. The Bertz CT molecular complexity index is 768. The number of nitrogens with one attached hydrogen (secondary N) is 1. The summed E-state index contributed by atoms with van der Waals surface area (Å²) in [6, 6.07) is 7.72. The van der Waals surface area contributed by atoms with Crippen LogP contribution in [0.4, 0.5) is 15.8 Å². The summed E-state index contributed by atoms with van der Waals surface area (Å²) in [5, 5.41) is 2.75. The summed E-state index contributed by atoms with van der Waals surface area (Å²) >= 11 is 11.5. The molecule has 2 rings (SSSR count). The van der Waals surface area contributed by atoms with Gasteiger partial charge >= 0.3 is 5.97 Å². The fourth-order valence-corrected chi connectivity index (χ4v) is 1.99. The zero-order valence-electron chi connectivity index (χ0n) is 11.6. The highest BCUT2D eigenvalue weighted by atomic mass is 35.5. The average Bonchev–Trinajstić information content (AvgIpc) is 2.50. The number of halogens is 3. The first-order valence-electron chi connectivity index (χ1n) is 6.34. The number of benzene rings is 2. The third-order valence-corrected chi connectivity index (χ3v) is 3.43. The van der Waals surface area contributed by atoms with Crippen LogP contribution in [0.1, 0.15) is 10.4 Å². The van der Waals surface area contributed by atoms with Crippen molar-refractivity contribution in [3.05, 3.63) is 57.8 Å². The van der Waals surface area contributed by atoms with Crippen molar-refractivity contribution in [2.24, 2.45) is 0 Å². The summed E-state index contributed by atoms with van der Waals surface area (Å²) in [6.45, 7) is -0.533. The van der Waals surface area contributed by atoms with Crippen LogP contribution in [0, 0.1) is 5.82 Å². The van der Waals surface area contributed by atoms with Crippen LogP contribution in [0.3, 0.4) is 0 Å². The van der Waals surface area contributed by atoms with Crippen molar-refractivity contribution in [1.29, 1.82) is 0 Å². The molecule has 1 amide bonds. The maximum absolute atomic E-state index is 12.9. The number of nitrogen functional groups attached to an aromatic ring is 1. The number of amides is 1. The molecule has 0 aliphatic heterocycles. The van der Waals surface area contributed by atoms with Gasteiger partial charge < -0.3 is 15.8 Å². The quantitative estimate of drug-likeness (QED) is 0.648. The molecule has 0 saturated heterocycles. The SMILES string of the molecule is Nc1cc(C(=O)OCC(=O)Nc2ccc(F)cc2Cl)ccc1Cl. The van der Waals surface area contributed by atoms with Gasteiger partial charge in [0.2, 0.25) is 0 Å². The zero-order valence-corrected chi connectivity index (χ0v) is 13.1. The van der Waals surface area contributed by atoms with Gasteiger partial charge in [-0.1, -0.05) is 23.2 Å². The van der Waals surface area contributed by atoms with Gasteiger partial charge in [0.15, 0.2) is 6.61 Å². The van der Waals surface area contributed by atoms with E-state index in [0.717, 1.165) is 12.1 Å². The predicted molar refractivity (Wildman–Crippen MR) is 86.2 cm³/mol. The molecule has 2 aromatic rings. The third kappa shape index (κ3) is 4.58. The maximum Gasteiger partial charge on any atom is 0.338 e. The summed E-state index contributed by atoms with van der Waals surface area (Å²) in [7, 11) is 0. The van der Waals surface area contributed by atoms with E-state index in [1.54, 1.807) is 0 Å². The van der Waals surface area contributed by atoms with Crippen molar-refractivity contribution in [2.75, 3.05) is 17.7 Å². The molecule has 0 heterocycles. The molecule has 0 spiro atoms. The van der Waals surface area contributed by atoms with Gasteiger partial charge in [0, 0.05) is 0 Å². The third-order valence-electron chi connectivity index (χ3n) is 2.77. The van der Waals surface area contributed by atoms with E-state index < -0.39 is 24.3 Å². The van der Waals surface area contributed by atoms with Crippen LogP contribution >= 0.6 is 23.2 Å². The van der Waals surface area contributed by atoms with Gasteiger partial charge in [0.25, 0.3) is 5.91 Å². The Morgan fingerprint density at radius 1 is 1.13 bits per heavy atom. The molecule has 0 aliphatic rings. The molecule has 8 heteroatoms. The first kappa shape index (κ1) is 17.1. The molecule has 0 bridgehead atoms. The molecule has 0 aliphatic carbocycles. The first-order valence-corrected chi connectivity index (χ1v) is 7.09. The minimum atomic E-state index is -0.728. The highest BCUT2D eigenvalue weighted by molar-refractivity contribution is 6.33. The number of rotatable bonds is 4. The van der Waals surface area contributed by atoms with Gasteiger partial charge in [-0.05, 0) is 36.4 Å². The Morgan fingerprint density at radius 2 is 1.87 bits per heavy atom. The van der Waals surface area contributed by atoms with Crippen molar-refractivity contribution < 1.29 is 18.7 Å². The second kappa shape index (κ2) is 7.30. The maximum atomic E-state index is 12.9. The lowest BCUT2D eigenvalue weighted by atomic mass is 10.2. The van der Waals surface area contributed by atoms with Crippen LogP contribution in [-0.2, 0) is 9.53 Å². The summed E-state index contributed by atoms with van der Waals surface area (Å²) in [6.07, 6.45) is 0. The van der Waals surface area contributed by atoms with Crippen LogP contribution in [0.15, 0.2) is 36.4 Å². The van der Waals surface area contributed by atoms with Gasteiger partial charge in [0.1, 0.15) is 5.82 Å². The van der Waals surface area contributed by atoms with Gasteiger partial charge in [-0.15, -0.1) is 0 Å². The zero-order chi connectivity index (χ0) is 17.0. The highest BCUT2D eigenvalue weighted by Crippen LogP contribution is 2.22. The number of anilines is 2. The van der Waals surface area contributed by atoms with Gasteiger partial charge in [-0.3, -0.25) is 4.79 Å². The molecule has 0 atom stereocenters. The molecule has 0 aromatic heterocycles. The van der Waals surface area contributed by atoms with Crippen molar-refractivity contribution in [2.45, 2.75) is 0 Å². The van der Waals surface area contributed by atoms with Crippen LogP contribution in [0.25, 0.3) is 0 Å². The molecule has 3 N–H and O–H groups in total. The van der Waals surface area contributed by atoms with Crippen molar-refractivity contribution in [3.63, 3.8) is 0 Å². The summed E-state index contributed by atoms with van der Waals surface area (Å²) < 4.78 is 17.8. The second-order valence-electron chi connectivity index (χ2n) is 4.48. The summed E-state index contributed by atoms with van der Waals surface area (Å²) in [5.41, 5.74) is 6.19. The van der Waals surface area contributed by atoms with E-state index in [-0.39, 0.29) is 22.0 Å². The van der Waals surface area contributed by atoms with Gasteiger partial charge in [0.05, 0.1) is 27.0 Å². The van der Waals surface area contributed by atoms with E-state index in [9.17, 15) is 14.0 Å². The van der Waals surface area contributed by atoms with Crippen molar-refractivity contribution in [3.8, 4) is 0 Å². The fraction of sp³-hybridized carbons (Fsp3) is 0.0667. The van der Waals surface area contributed by atoms with Crippen LogP contribution in [0.5, 0.6) is 0 Å². The molecule has 0 fully saturated rings. The van der Waals surface area contributed by atoms with E-state index in [0.29, 0.717) is 5.02 Å². The van der Waals surface area contributed by atoms with E-state index in [2.05, 4.69) is 5.32 Å². The van der Waals surface area contributed by atoms with Crippen LogP contribution in [-0.4, -0.2) is 18.5 Å². The Labute approximate surface area is 141 Å². The Kier molecular flexibility index (Phi) is 5.41. The minimum Gasteiger partial charge on any atom is -0.452 e. The average molecular weight is 357 g/mol. The monoisotopic (exact) mass is 356 g/mol. The normalized spacial score (nSPS) is 10.2. The first-order chi connectivity index (χ1) is 10.9. The molecule has 120 valence electrons. The van der Waals surface area contributed by atoms with Crippen LogP contribution < -0.4 is 11.1 Å². The van der Waals surface area contributed by atoms with Gasteiger partial charge in [-0.2, -0.15) is 0 Å². The lowest BCUT2D eigenvalue weighted by Crippen LogP contribution is -2.21. The number of carbonyl (C=O) groups is 2. The fourth-order valence-electron chi connectivity index (χ4n) is 1.66. The van der Waals surface area contributed by atoms with Crippen molar-refractivity contribution >= 4 is 46.5 Å². The molecule has 5 nitrogen and oxygen atoms in total. The number of hydrogen-bond donors (Lipinski definition) is 2. The molecule has 0 radical (unpaired) electrons. The number of esters is 1. The Morgan fingerprint density at radius 3 is 2.52 bits per heavy atom. The lowest BCUT2D eigenvalue weighted by Gasteiger charge is -2.08. The van der Waals surface area contributed by atoms with E-state index in [1.165, 1.54) is 24.3 Å². The predicted octanol–water partition coefficient (Wildman–Crippen LogP) is 3.51. The largest absolute Gasteiger partial charge is 0.452 e. The standard InChI is InChI=1S/C15H11Cl2FN2O3/c16-10-3-1-8(5-12(10)19)15(22)23-7-14(21)20-13-4-2-9(18)6-11(13)17/h1-6H,7,19H2,(H,20,21). The smallest absolute Gasteiger partial charge is 0.338 e. The van der Waals surface area contributed by atoms with Crippen LogP contribution in [0.2, 0.25) is 10.0 Å². The molecule has 23 heavy (non-hydrogen) atoms. The molecular weight excluding hydrogens is 346 g/mol. The highest BCUT2D eigenvalue weighted by Gasteiger charge is 2.13.